The molecule has 0 saturated carbocycles. The molecule has 0 amide bonds. The lowest BCUT2D eigenvalue weighted by molar-refractivity contribution is 0.240. The van der Waals surface area contributed by atoms with E-state index in [1.165, 1.54) is 6.42 Å². The molecule has 1 rings (SSSR count). The summed E-state index contributed by atoms with van der Waals surface area (Å²) >= 11 is 0. The maximum atomic E-state index is 6.32. The summed E-state index contributed by atoms with van der Waals surface area (Å²) in [7, 11) is 0. The van der Waals surface area contributed by atoms with Crippen molar-refractivity contribution in [3.63, 3.8) is 0 Å². The molecule has 114 valence electrons. The van der Waals surface area contributed by atoms with Gasteiger partial charge in [-0.15, -0.1) is 0 Å². The fraction of sp³-hybridized carbons (Fsp3) is 0.706. The Hall–Kier alpha value is -1.09. The first-order valence-electron chi connectivity index (χ1n) is 7.54. The van der Waals surface area contributed by atoms with Gasteiger partial charge in [-0.3, -0.25) is 4.98 Å². The quantitative estimate of drug-likeness (QED) is 0.842. The summed E-state index contributed by atoms with van der Waals surface area (Å²) in [5, 5.41) is 0. The summed E-state index contributed by atoms with van der Waals surface area (Å²) in [4.78, 5) is 4.24. The van der Waals surface area contributed by atoms with Gasteiger partial charge in [-0.1, -0.05) is 27.7 Å². The van der Waals surface area contributed by atoms with Crippen molar-refractivity contribution in [2.75, 3.05) is 0 Å². The SMILES string of the molecule is CC(CC(N)c1cncc(OC(C)C)c1)CC(C)(C)C. The van der Waals surface area contributed by atoms with Crippen LogP contribution in [-0.2, 0) is 0 Å². The Labute approximate surface area is 123 Å². The van der Waals surface area contributed by atoms with Gasteiger partial charge in [-0.05, 0) is 49.7 Å². The van der Waals surface area contributed by atoms with Crippen molar-refractivity contribution in [2.45, 2.75) is 66.5 Å². The summed E-state index contributed by atoms with van der Waals surface area (Å²) in [6, 6.07) is 2.04. The third-order valence-electron chi connectivity index (χ3n) is 3.15. The van der Waals surface area contributed by atoms with Crippen LogP contribution in [0.1, 0.15) is 66.0 Å². The van der Waals surface area contributed by atoms with Crippen LogP contribution in [0.25, 0.3) is 0 Å². The number of nitrogens with two attached hydrogens (primary N) is 1. The van der Waals surface area contributed by atoms with Crippen molar-refractivity contribution in [3.05, 3.63) is 24.0 Å². The summed E-state index contributed by atoms with van der Waals surface area (Å²) in [5.41, 5.74) is 7.73. The highest BCUT2D eigenvalue weighted by Crippen LogP contribution is 2.30. The van der Waals surface area contributed by atoms with Crippen molar-refractivity contribution in [2.24, 2.45) is 17.1 Å². The van der Waals surface area contributed by atoms with E-state index in [4.69, 9.17) is 10.5 Å². The van der Waals surface area contributed by atoms with E-state index < -0.39 is 0 Å². The molecular weight excluding hydrogens is 248 g/mol. The highest BCUT2D eigenvalue weighted by molar-refractivity contribution is 5.26. The van der Waals surface area contributed by atoms with Gasteiger partial charge in [-0.25, -0.2) is 0 Å². The number of ether oxygens (including phenoxy) is 1. The molecule has 0 saturated heterocycles. The highest BCUT2D eigenvalue weighted by Gasteiger charge is 2.18. The topological polar surface area (TPSA) is 48.1 Å². The van der Waals surface area contributed by atoms with Crippen LogP contribution in [0.2, 0.25) is 0 Å². The van der Waals surface area contributed by atoms with Crippen LogP contribution in [0.5, 0.6) is 5.75 Å². The van der Waals surface area contributed by atoms with Gasteiger partial charge >= 0.3 is 0 Å². The van der Waals surface area contributed by atoms with Gasteiger partial charge in [0.05, 0.1) is 12.3 Å². The van der Waals surface area contributed by atoms with E-state index in [0.717, 1.165) is 17.7 Å². The van der Waals surface area contributed by atoms with Gasteiger partial charge in [0, 0.05) is 12.2 Å². The first kappa shape index (κ1) is 17.0. The molecule has 0 aliphatic rings. The zero-order valence-corrected chi connectivity index (χ0v) is 13.8. The summed E-state index contributed by atoms with van der Waals surface area (Å²) in [6.07, 6.45) is 5.90. The van der Waals surface area contributed by atoms with Crippen molar-refractivity contribution in [3.8, 4) is 5.75 Å². The fourth-order valence-electron chi connectivity index (χ4n) is 2.67. The molecule has 0 radical (unpaired) electrons. The van der Waals surface area contributed by atoms with Crippen molar-refractivity contribution < 1.29 is 4.74 Å². The van der Waals surface area contributed by atoms with Crippen molar-refractivity contribution >= 4 is 0 Å². The van der Waals surface area contributed by atoms with Gasteiger partial charge in [0.15, 0.2) is 0 Å². The van der Waals surface area contributed by atoms with E-state index >= 15 is 0 Å². The minimum absolute atomic E-state index is 0.0237. The summed E-state index contributed by atoms with van der Waals surface area (Å²) < 4.78 is 5.67. The zero-order valence-electron chi connectivity index (χ0n) is 13.8. The number of hydrogen-bond acceptors (Lipinski definition) is 3. The molecule has 0 fully saturated rings. The second-order valence-electron chi connectivity index (χ2n) is 7.33. The highest BCUT2D eigenvalue weighted by atomic mass is 16.5. The average molecular weight is 278 g/mol. The van der Waals surface area contributed by atoms with Crippen LogP contribution >= 0.6 is 0 Å². The predicted molar refractivity (Wildman–Crippen MR) is 84.8 cm³/mol. The van der Waals surface area contributed by atoms with Gasteiger partial charge in [0.1, 0.15) is 5.75 Å². The Morgan fingerprint density at radius 2 is 1.85 bits per heavy atom. The molecule has 2 atom stereocenters. The number of hydrogen-bond donors (Lipinski definition) is 1. The molecular formula is C17H30N2O. The number of pyridine rings is 1. The molecule has 20 heavy (non-hydrogen) atoms. The zero-order chi connectivity index (χ0) is 15.3. The third kappa shape index (κ3) is 6.38. The standard InChI is InChI=1S/C17H30N2O/c1-12(2)20-15-8-14(10-19-11-15)16(18)7-13(3)9-17(4,5)6/h8,10-13,16H,7,9,18H2,1-6H3. The Balaban J connectivity index is 2.65. The molecule has 0 aliphatic carbocycles. The maximum Gasteiger partial charge on any atom is 0.138 e. The number of aromatic nitrogens is 1. The number of rotatable bonds is 6. The lowest BCUT2D eigenvalue weighted by atomic mass is 9.82. The van der Waals surface area contributed by atoms with Crippen LogP contribution in [-0.4, -0.2) is 11.1 Å². The van der Waals surface area contributed by atoms with Crippen LogP contribution in [0, 0.1) is 11.3 Å². The van der Waals surface area contributed by atoms with Gasteiger partial charge < -0.3 is 10.5 Å². The number of nitrogens with zero attached hydrogens (tertiary/aromatic N) is 1. The molecule has 1 aromatic rings. The normalized spacial score (nSPS) is 15.2. The molecule has 0 spiro atoms. The molecule has 1 heterocycles. The average Bonchev–Trinajstić information content (AvgIpc) is 2.25. The van der Waals surface area contributed by atoms with Crippen LogP contribution < -0.4 is 10.5 Å². The molecule has 2 unspecified atom stereocenters. The molecule has 3 nitrogen and oxygen atoms in total. The first-order chi connectivity index (χ1) is 9.17. The second kappa shape index (κ2) is 7.07. The van der Waals surface area contributed by atoms with Crippen molar-refractivity contribution in [1.29, 1.82) is 0 Å². The predicted octanol–water partition coefficient (Wildman–Crippen LogP) is 4.33. The van der Waals surface area contributed by atoms with E-state index in [2.05, 4.69) is 32.7 Å². The van der Waals surface area contributed by atoms with Gasteiger partial charge in [0.25, 0.3) is 0 Å². The molecule has 2 N–H and O–H groups in total. The smallest absolute Gasteiger partial charge is 0.138 e. The maximum absolute atomic E-state index is 6.32. The Morgan fingerprint density at radius 3 is 2.40 bits per heavy atom. The van der Waals surface area contributed by atoms with Gasteiger partial charge in [-0.2, -0.15) is 0 Å². The lowest BCUT2D eigenvalue weighted by Crippen LogP contribution is -2.18. The Bertz CT molecular complexity index is 410. The monoisotopic (exact) mass is 278 g/mol. The van der Waals surface area contributed by atoms with E-state index in [0.29, 0.717) is 11.3 Å². The van der Waals surface area contributed by atoms with Crippen molar-refractivity contribution in [1.82, 2.24) is 4.98 Å². The van der Waals surface area contributed by atoms with E-state index in [-0.39, 0.29) is 12.1 Å². The fourth-order valence-corrected chi connectivity index (χ4v) is 2.67. The van der Waals surface area contributed by atoms with Gasteiger partial charge in [0.2, 0.25) is 0 Å². The van der Waals surface area contributed by atoms with Crippen LogP contribution in [0.15, 0.2) is 18.5 Å². The van der Waals surface area contributed by atoms with Crippen LogP contribution in [0.4, 0.5) is 0 Å². The molecule has 1 aromatic heterocycles. The Kier molecular flexibility index (Phi) is 6.00. The van der Waals surface area contributed by atoms with Crippen LogP contribution in [0.3, 0.4) is 0 Å². The minimum Gasteiger partial charge on any atom is -0.489 e. The van der Waals surface area contributed by atoms with E-state index in [1.807, 2.05) is 26.1 Å². The lowest BCUT2D eigenvalue weighted by Gasteiger charge is -2.25. The largest absolute Gasteiger partial charge is 0.489 e. The first-order valence-corrected chi connectivity index (χ1v) is 7.54. The molecule has 0 aliphatic heterocycles. The minimum atomic E-state index is 0.0237. The molecule has 3 heteroatoms. The summed E-state index contributed by atoms with van der Waals surface area (Å²) in [6.45, 7) is 13.1. The van der Waals surface area contributed by atoms with E-state index in [9.17, 15) is 0 Å². The second-order valence-corrected chi connectivity index (χ2v) is 7.33. The Morgan fingerprint density at radius 1 is 1.20 bits per heavy atom. The van der Waals surface area contributed by atoms with E-state index in [1.54, 1.807) is 6.20 Å². The third-order valence-corrected chi connectivity index (χ3v) is 3.15. The molecule has 0 aromatic carbocycles. The summed E-state index contributed by atoms with van der Waals surface area (Å²) in [5.74, 6) is 1.40. The molecule has 0 bridgehead atoms.